The molecule has 0 spiro atoms. The maximum absolute atomic E-state index is 12.1. The van der Waals surface area contributed by atoms with E-state index >= 15 is 0 Å². The van der Waals surface area contributed by atoms with Crippen LogP contribution in [0.1, 0.15) is 18.4 Å². The van der Waals surface area contributed by atoms with Gasteiger partial charge in [0.2, 0.25) is 0 Å². The van der Waals surface area contributed by atoms with Crippen molar-refractivity contribution in [2.45, 2.75) is 19.4 Å². The van der Waals surface area contributed by atoms with E-state index in [1.54, 1.807) is 4.90 Å². The van der Waals surface area contributed by atoms with Crippen molar-refractivity contribution in [2.24, 2.45) is 5.73 Å². The molecule has 1 aromatic carbocycles. The predicted octanol–water partition coefficient (Wildman–Crippen LogP) is 1.70. The summed E-state index contributed by atoms with van der Waals surface area (Å²) in [6, 6.07) is 7.57. The molecule has 1 fully saturated rings. The minimum atomic E-state index is -0.0710. The fourth-order valence-electron chi connectivity index (χ4n) is 2.39. The molecule has 0 radical (unpaired) electrons. The molecule has 1 heterocycles. The van der Waals surface area contributed by atoms with Gasteiger partial charge in [-0.05, 0) is 43.6 Å². The smallest absolute Gasteiger partial charge is 0.321 e. The molecule has 1 aliphatic rings. The average molecular weight is 276 g/mol. The number of likely N-dealkylation sites (tertiary alicyclic amines) is 1. The number of hydrogen-bond donors (Lipinski definition) is 2. The number of nitrogens with one attached hydrogen (secondary N) is 1. The van der Waals surface area contributed by atoms with Gasteiger partial charge in [-0.25, -0.2) is 4.79 Å². The lowest BCUT2D eigenvalue weighted by molar-refractivity contribution is 0.213. The molecule has 0 unspecified atom stereocenters. The second-order valence-electron chi connectivity index (χ2n) is 5.30. The van der Waals surface area contributed by atoms with Gasteiger partial charge in [-0.2, -0.15) is 0 Å². The summed E-state index contributed by atoms with van der Waals surface area (Å²) in [6.45, 7) is 4.51. The van der Waals surface area contributed by atoms with Crippen LogP contribution in [0.5, 0.6) is 0 Å². The molecule has 3 N–H and O–H groups in total. The highest BCUT2D eigenvalue weighted by Gasteiger charge is 2.14. The Morgan fingerprint density at radius 3 is 2.85 bits per heavy atom. The van der Waals surface area contributed by atoms with Crippen molar-refractivity contribution >= 4 is 11.7 Å². The number of anilines is 1. The molecule has 1 aromatic rings. The molecule has 5 heteroatoms. The molecule has 1 aliphatic heterocycles. The van der Waals surface area contributed by atoms with Crippen molar-refractivity contribution in [1.29, 1.82) is 0 Å². The zero-order chi connectivity index (χ0) is 14.4. The molecular formula is C15H24N4O. The maximum atomic E-state index is 12.1. The summed E-state index contributed by atoms with van der Waals surface area (Å²) in [7, 11) is 1.83. The summed E-state index contributed by atoms with van der Waals surface area (Å²) in [5, 5.41) is 2.90. The molecule has 0 aromatic heterocycles. The van der Waals surface area contributed by atoms with E-state index in [1.807, 2.05) is 31.3 Å². The van der Waals surface area contributed by atoms with E-state index in [0.29, 0.717) is 6.54 Å². The minimum absolute atomic E-state index is 0.0710. The number of benzene rings is 1. The quantitative estimate of drug-likeness (QED) is 0.860. The third-order valence-electron chi connectivity index (χ3n) is 3.71. The van der Waals surface area contributed by atoms with Crippen LogP contribution in [-0.2, 0) is 6.54 Å². The Bertz CT molecular complexity index is 443. The number of nitrogens with two attached hydrogens (primary N) is 1. The van der Waals surface area contributed by atoms with Crippen molar-refractivity contribution < 1.29 is 4.79 Å². The van der Waals surface area contributed by atoms with Gasteiger partial charge in [-0.1, -0.05) is 12.1 Å². The van der Waals surface area contributed by atoms with Crippen LogP contribution in [-0.4, -0.2) is 49.1 Å². The third-order valence-corrected chi connectivity index (χ3v) is 3.71. The molecule has 0 aliphatic carbocycles. The first kappa shape index (κ1) is 14.8. The van der Waals surface area contributed by atoms with Crippen molar-refractivity contribution in [3.63, 3.8) is 0 Å². The standard InChI is InChI=1S/C15H24N4O/c1-18(9-10-19-7-2-3-8-19)15(20)17-14-6-4-5-13(11-14)12-16/h4-6,11H,2-3,7-10,12,16H2,1H3,(H,17,20). The monoisotopic (exact) mass is 276 g/mol. The summed E-state index contributed by atoms with van der Waals surface area (Å²) in [4.78, 5) is 16.2. The van der Waals surface area contributed by atoms with Gasteiger partial charge in [0.1, 0.15) is 0 Å². The predicted molar refractivity (Wildman–Crippen MR) is 81.7 cm³/mol. The Balaban J connectivity index is 1.80. The number of hydrogen-bond acceptors (Lipinski definition) is 3. The molecule has 0 saturated carbocycles. The van der Waals surface area contributed by atoms with Crippen LogP contribution in [0.3, 0.4) is 0 Å². The van der Waals surface area contributed by atoms with Crippen molar-refractivity contribution in [2.75, 3.05) is 38.5 Å². The fraction of sp³-hybridized carbons (Fsp3) is 0.533. The van der Waals surface area contributed by atoms with Gasteiger partial charge in [0, 0.05) is 32.4 Å². The SMILES string of the molecule is CN(CCN1CCCC1)C(=O)Nc1cccc(CN)c1. The summed E-state index contributed by atoms with van der Waals surface area (Å²) in [5.74, 6) is 0. The summed E-state index contributed by atoms with van der Waals surface area (Å²) in [6.07, 6.45) is 2.56. The van der Waals surface area contributed by atoms with Crippen LogP contribution >= 0.6 is 0 Å². The van der Waals surface area contributed by atoms with E-state index in [0.717, 1.165) is 37.4 Å². The third kappa shape index (κ3) is 4.21. The number of carbonyl (C=O) groups is 1. The average Bonchev–Trinajstić information content (AvgIpc) is 2.98. The molecular weight excluding hydrogens is 252 g/mol. The summed E-state index contributed by atoms with van der Waals surface area (Å²) >= 11 is 0. The number of urea groups is 1. The van der Waals surface area contributed by atoms with Crippen LogP contribution in [0, 0.1) is 0 Å². The van der Waals surface area contributed by atoms with E-state index in [-0.39, 0.29) is 6.03 Å². The summed E-state index contributed by atoms with van der Waals surface area (Å²) < 4.78 is 0. The van der Waals surface area contributed by atoms with Gasteiger partial charge in [0.15, 0.2) is 0 Å². The lowest BCUT2D eigenvalue weighted by Gasteiger charge is -2.22. The largest absolute Gasteiger partial charge is 0.326 e. The Kier molecular flexibility index (Phi) is 5.38. The molecule has 0 atom stereocenters. The molecule has 0 bridgehead atoms. The number of carbonyl (C=O) groups excluding carboxylic acids is 1. The Hall–Kier alpha value is -1.59. The Morgan fingerprint density at radius 1 is 1.40 bits per heavy atom. The highest BCUT2D eigenvalue weighted by molar-refractivity contribution is 5.89. The molecule has 2 amide bonds. The molecule has 2 rings (SSSR count). The van der Waals surface area contributed by atoms with Crippen LogP contribution < -0.4 is 11.1 Å². The van der Waals surface area contributed by atoms with E-state index in [1.165, 1.54) is 12.8 Å². The lowest BCUT2D eigenvalue weighted by atomic mass is 10.2. The number of amides is 2. The van der Waals surface area contributed by atoms with Gasteiger partial charge >= 0.3 is 6.03 Å². The van der Waals surface area contributed by atoms with E-state index in [9.17, 15) is 4.79 Å². The van der Waals surface area contributed by atoms with Crippen LogP contribution in [0.4, 0.5) is 10.5 Å². The lowest BCUT2D eigenvalue weighted by Crippen LogP contribution is -2.37. The van der Waals surface area contributed by atoms with Crippen LogP contribution in [0.25, 0.3) is 0 Å². The van der Waals surface area contributed by atoms with Crippen molar-refractivity contribution in [3.8, 4) is 0 Å². The van der Waals surface area contributed by atoms with Gasteiger partial charge in [-0.3, -0.25) is 0 Å². The zero-order valence-electron chi connectivity index (χ0n) is 12.1. The first-order valence-electron chi connectivity index (χ1n) is 7.22. The van der Waals surface area contributed by atoms with Gasteiger partial charge < -0.3 is 20.9 Å². The van der Waals surface area contributed by atoms with Gasteiger partial charge in [0.25, 0.3) is 0 Å². The van der Waals surface area contributed by atoms with Crippen molar-refractivity contribution in [1.82, 2.24) is 9.80 Å². The second kappa shape index (κ2) is 7.26. The number of nitrogens with zero attached hydrogens (tertiary/aromatic N) is 2. The van der Waals surface area contributed by atoms with E-state index < -0.39 is 0 Å². The van der Waals surface area contributed by atoms with Gasteiger partial charge in [0.05, 0.1) is 0 Å². The second-order valence-corrected chi connectivity index (χ2v) is 5.30. The molecule has 20 heavy (non-hydrogen) atoms. The minimum Gasteiger partial charge on any atom is -0.326 e. The Labute approximate surface area is 120 Å². The van der Waals surface area contributed by atoms with Gasteiger partial charge in [-0.15, -0.1) is 0 Å². The highest BCUT2D eigenvalue weighted by atomic mass is 16.2. The Morgan fingerprint density at radius 2 is 2.15 bits per heavy atom. The van der Waals surface area contributed by atoms with Crippen LogP contribution in [0.2, 0.25) is 0 Å². The topological polar surface area (TPSA) is 61.6 Å². The number of likely N-dealkylation sites (N-methyl/N-ethyl adjacent to an activating group) is 1. The molecule has 5 nitrogen and oxygen atoms in total. The number of rotatable bonds is 5. The first-order chi connectivity index (χ1) is 9.69. The highest BCUT2D eigenvalue weighted by Crippen LogP contribution is 2.11. The summed E-state index contributed by atoms with van der Waals surface area (Å²) in [5.41, 5.74) is 7.41. The zero-order valence-corrected chi connectivity index (χ0v) is 12.1. The van der Waals surface area contributed by atoms with E-state index in [2.05, 4.69) is 10.2 Å². The normalized spacial score (nSPS) is 15.3. The molecule has 1 saturated heterocycles. The molecule has 110 valence electrons. The first-order valence-corrected chi connectivity index (χ1v) is 7.22. The maximum Gasteiger partial charge on any atom is 0.321 e. The fourth-order valence-corrected chi connectivity index (χ4v) is 2.39. The van der Waals surface area contributed by atoms with Crippen LogP contribution in [0.15, 0.2) is 24.3 Å². The van der Waals surface area contributed by atoms with E-state index in [4.69, 9.17) is 5.73 Å². The van der Waals surface area contributed by atoms with Crippen molar-refractivity contribution in [3.05, 3.63) is 29.8 Å².